The zero-order valence-electron chi connectivity index (χ0n) is 24.0. The summed E-state index contributed by atoms with van der Waals surface area (Å²) in [4.78, 5) is 27.7. The van der Waals surface area contributed by atoms with Gasteiger partial charge in [0.25, 0.3) is 0 Å². The van der Waals surface area contributed by atoms with Gasteiger partial charge in [-0.1, -0.05) is 60.1 Å². The molecule has 6 rings (SSSR count). The Morgan fingerprint density at radius 2 is 1.71 bits per heavy atom. The maximum atomic E-state index is 14.5. The molecule has 38 heavy (non-hydrogen) atoms. The van der Waals surface area contributed by atoms with Gasteiger partial charge in [0.1, 0.15) is 6.07 Å². The number of nitrogens with zero attached hydrogens (tertiary/aromatic N) is 3. The summed E-state index contributed by atoms with van der Waals surface area (Å²) < 4.78 is 5.91. The summed E-state index contributed by atoms with van der Waals surface area (Å²) in [7, 11) is 0. The van der Waals surface area contributed by atoms with Gasteiger partial charge in [0.15, 0.2) is 11.6 Å². The number of nitriles is 1. The molecule has 0 aliphatic heterocycles. The molecule has 1 heterocycles. The molecule has 0 saturated heterocycles. The van der Waals surface area contributed by atoms with Gasteiger partial charge in [0, 0.05) is 16.7 Å². The number of rotatable bonds is 1. The first-order chi connectivity index (χ1) is 17.7. The number of hydrogen-bond donors (Lipinski definition) is 0. The maximum absolute atomic E-state index is 14.5. The van der Waals surface area contributed by atoms with E-state index in [0.717, 1.165) is 50.5 Å². The van der Waals surface area contributed by atoms with Crippen LogP contribution in [0.1, 0.15) is 99.3 Å². The standard InChI is InChI=1S/C32H41N3O3/c1-27(2)10-12-32(26-35-34-18-38-26)13-11-31(7)24(20(32)16-27)21(36)14-23-29(5)15-19(17-33)25(37)28(3,4)22(29)8-9-30(23,31)6/h14-15,18,20,22,24H,8-13,16H2,1-7H3/t20?,22-,24?,29-,30+,31+,32-/m0/s1. The highest BCUT2D eigenvalue weighted by atomic mass is 16.4. The van der Waals surface area contributed by atoms with Crippen LogP contribution in [0.25, 0.3) is 0 Å². The molecule has 5 aliphatic carbocycles. The first-order valence-electron chi connectivity index (χ1n) is 14.4. The summed E-state index contributed by atoms with van der Waals surface area (Å²) in [5.74, 6) is 0.903. The molecular weight excluding hydrogens is 474 g/mol. The number of hydrogen-bond acceptors (Lipinski definition) is 6. The lowest BCUT2D eigenvalue weighted by Crippen LogP contribution is -2.65. The Labute approximate surface area is 226 Å². The van der Waals surface area contributed by atoms with Gasteiger partial charge in [-0.15, -0.1) is 10.2 Å². The minimum Gasteiger partial charge on any atom is -0.427 e. The molecule has 1 aromatic rings. The first-order valence-corrected chi connectivity index (χ1v) is 14.4. The van der Waals surface area contributed by atoms with Crippen LogP contribution < -0.4 is 0 Å². The molecule has 3 fully saturated rings. The normalized spacial score (nSPS) is 44.9. The lowest BCUT2D eigenvalue weighted by Gasteiger charge is -2.68. The Balaban J connectivity index is 1.54. The summed E-state index contributed by atoms with van der Waals surface area (Å²) in [5, 5.41) is 18.4. The van der Waals surface area contributed by atoms with Crippen molar-refractivity contribution in [2.45, 2.75) is 98.8 Å². The minimum absolute atomic E-state index is 0.0570. The average Bonchev–Trinajstić information content (AvgIpc) is 3.38. The second-order valence-electron chi connectivity index (χ2n) is 15.2. The van der Waals surface area contributed by atoms with E-state index in [9.17, 15) is 14.9 Å². The smallest absolute Gasteiger partial charge is 0.222 e. The summed E-state index contributed by atoms with van der Waals surface area (Å²) in [6.45, 7) is 15.5. The van der Waals surface area contributed by atoms with Crippen molar-refractivity contribution in [3.05, 3.63) is 35.6 Å². The van der Waals surface area contributed by atoms with Gasteiger partial charge in [-0.2, -0.15) is 5.26 Å². The van der Waals surface area contributed by atoms with Crippen molar-refractivity contribution >= 4 is 11.6 Å². The zero-order chi connectivity index (χ0) is 27.5. The Bertz CT molecular complexity index is 1330. The molecule has 3 saturated carbocycles. The van der Waals surface area contributed by atoms with E-state index in [4.69, 9.17) is 4.42 Å². The van der Waals surface area contributed by atoms with E-state index >= 15 is 0 Å². The molecule has 7 atom stereocenters. The molecule has 0 bridgehead atoms. The Hall–Kier alpha value is -2.55. The third-order valence-electron chi connectivity index (χ3n) is 12.6. The third kappa shape index (κ3) is 2.94. The molecule has 202 valence electrons. The van der Waals surface area contributed by atoms with Crippen molar-refractivity contribution in [2.24, 2.45) is 44.8 Å². The van der Waals surface area contributed by atoms with Gasteiger partial charge in [-0.3, -0.25) is 9.59 Å². The van der Waals surface area contributed by atoms with Crippen molar-refractivity contribution in [1.29, 1.82) is 5.26 Å². The predicted molar refractivity (Wildman–Crippen MR) is 142 cm³/mol. The highest BCUT2D eigenvalue weighted by Gasteiger charge is 2.70. The summed E-state index contributed by atoms with van der Waals surface area (Å²) in [6, 6.07) is 2.20. The molecule has 6 nitrogen and oxygen atoms in total. The van der Waals surface area contributed by atoms with Gasteiger partial charge < -0.3 is 4.42 Å². The van der Waals surface area contributed by atoms with Crippen molar-refractivity contribution in [1.82, 2.24) is 10.2 Å². The SMILES string of the molecule is CC1(C)CC[C@]2(c3nnco3)CC[C@]3(C)C(C(=O)C=C4[C@@]5(C)C=C(C#N)C(=O)C(C)(C)[C@@H]5CC[C@]43C)C2C1. The molecule has 0 radical (unpaired) electrons. The largest absolute Gasteiger partial charge is 0.427 e. The second kappa shape index (κ2) is 7.55. The van der Waals surface area contributed by atoms with Crippen molar-refractivity contribution in [3.8, 4) is 6.07 Å². The van der Waals surface area contributed by atoms with Crippen LogP contribution in [-0.4, -0.2) is 21.8 Å². The first kappa shape index (κ1) is 25.7. The topological polar surface area (TPSA) is 96.8 Å². The van der Waals surface area contributed by atoms with Gasteiger partial charge in [0.05, 0.1) is 11.0 Å². The number of aromatic nitrogens is 2. The lowest BCUT2D eigenvalue weighted by molar-refractivity contribution is -0.161. The highest BCUT2D eigenvalue weighted by molar-refractivity contribution is 6.04. The number of ketones is 2. The molecule has 6 heteroatoms. The number of fused-ring (bicyclic) bond motifs is 7. The molecular formula is C32H41N3O3. The number of Topliss-reactive ketones (excluding diaryl/α,β-unsaturated/α-hetero) is 1. The van der Waals surface area contributed by atoms with Crippen molar-refractivity contribution in [2.75, 3.05) is 0 Å². The number of carbonyl (C=O) groups excluding carboxylic acids is 2. The lowest BCUT2D eigenvalue weighted by atomic mass is 9.34. The Morgan fingerprint density at radius 3 is 2.37 bits per heavy atom. The second-order valence-corrected chi connectivity index (χ2v) is 15.2. The molecule has 1 aromatic heterocycles. The van der Waals surface area contributed by atoms with Gasteiger partial charge in [-0.25, -0.2) is 0 Å². The van der Waals surface area contributed by atoms with E-state index in [1.54, 1.807) is 0 Å². The van der Waals surface area contributed by atoms with Crippen LogP contribution in [0.15, 0.2) is 34.1 Å². The van der Waals surface area contributed by atoms with Crippen LogP contribution in [0.2, 0.25) is 0 Å². The fraction of sp³-hybridized carbons (Fsp3) is 0.719. The molecule has 2 unspecified atom stereocenters. The molecule has 0 N–H and O–H groups in total. The van der Waals surface area contributed by atoms with Crippen LogP contribution in [0.5, 0.6) is 0 Å². The van der Waals surface area contributed by atoms with E-state index in [1.165, 1.54) is 6.39 Å². The molecule has 0 spiro atoms. The predicted octanol–water partition coefficient (Wildman–Crippen LogP) is 6.54. The van der Waals surface area contributed by atoms with Crippen LogP contribution in [0, 0.1) is 56.2 Å². The zero-order valence-corrected chi connectivity index (χ0v) is 24.0. The molecule has 5 aliphatic rings. The van der Waals surface area contributed by atoms with Crippen molar-refractivity contribution < 1.29 is 14.0 Å². The number of allylic oxidation sites excluding steroid dienone is 4. The van der Waals surface area contributed by atoms with Crippen LogP contribution >= 0.6 is 0 Å². The van der Waals surface area contributed by atoms with E-state index in [-0.39, 0.29) is 56.6 Å². The average molecular weight is 516 g/mol. The monoisotopic (exact) mass is 515 g/mol. The molecule has 0 amide bonds. The molecule has 0 aromatic carbocycles. The number of carbonyl (C=O) groups is 2. The quantitative estimate of drug-likeness (QED) is 0.421. The van der Waals surface area contributed by atoms with Gasteiger partial charge in [-0.05, 0) is 79.1 Å². The van der Waals surface area contributed by atoms with E-state index in [0.29, 0.717) is 5.89 Å². The summed E-state index contributed by atoms with van der Waals surface area (Å²) in [5.41, 5.74) is -0.355. The maximum Gasteiger partial charge on any atom is 0.222 e. The summed E-state index contributed by atoms with van der Waals surface area (Å²) >= 11 is 0. The van der Waals surface area contributed by atoms with Crippen LogP contribution in [0.3, 0.4) is 0 Å². The van der Waals surface area contributed by atoms with E-state index in [1.807, 2.05) is 26.0 Å². The fourth-order valence-electron chi connectivity index (χ4n) is 10.4. The highest BCUT2D eigenvalue weighted by Crippen LogP contribution is 2.74. The van der Waals surface area contributed by atoms with Crippen LogP contribution in [-0.2, 0) is 15.0 Å². The van der Waals surface area contributed by atoms with Crippen LogP contribution in [0.4, 0.5) is 0 Å². The minimum atomic E-state index is -0.648. The Morgan fingerprint density at radius 1 is 1.00 bits per heavy atom. The van der Waals surface area contributed by atoms with E-state index < -0.39 is 10.8 Å². The van der Waals surface area contributed by atoms with Crippen molar-refractivity contribution in [3.63, 3.8) is 0 Å². The van der Waals surface area contributed by atoms with E-state index in [2.05, 4.69) is 50.9 Å². The van der Waals surface area contributed by atoms with Gasteiger partial charge in [0.2, 0.25) is 12.3 Å². The fourth-order valence-corrected chi connectivity index (χ4v) is 10.4. The third-order valence-corrected chi connectivity index (χ3v) is 12.6. The Kier molecular flexibility index (Phi) is 5.11. The summed E-state index contributed by atoms with van der Waals surface area (Å²) in [6.07, 6.45) is 12.0. The van der Waals surface area contributed by atoms with Gasteiger partial charge >= 0.3 is 0 Å².